The molecular weight excluding hydrogens is 242 g/mol. The highest BCUT2D eigenvalue weighted by molar-refractivity contribution is 5.91. The first-order chi connectivity index (χ1) is 9.11. The minimum Gasteiger partial charge on any atom is -0.494 e. The molecule has 1 rings (SSSR count). The van der Waals surface area contributed by atoms with E-state index >= 15 is 0 Å². The first-order valence-corrected chi connectivity index (χ1v) is 6.48. The van der Waals surface area contributed by atoms with Gasteiger partial charge in [0.1, 0.15) is 5.75 Å². The van der Waals surface area contributed by atoms with Gasteiger partial charge in [-0.25, -0.2) is 0 Å². The maximum absolute atomic E-state index is 11.4. The highest BCUT2D eigenvalue weighted by atomic mass is 16.5. The molecule has 1 aromatic carbocycles. The quantitative estimate of drug-likeness (QED) is 0.740. The largest absolute Gasteiger partial charge is 0.494 e. The third-order valence-electron chi connectivity index (χ3n) is 2.35. The zero-order valence-electron chi connectivity index (χ0n) is 11.4. The number of aliphatic hydroxyl groups is 1. The molecule has 0 aliphatic heterocycles. The maximum atomic E-state index is 11.4. The van der Waals surface area contributed by atoms with Crippen LogP contribution < -0.4 is 10.1 Å². The van der Waals surface area contributed by atoms with E-state index < -0.39 is 6.10 Å². The second-order valence-corrected chi connectivity index (χ2v) is 4.35. The minimum absolute atomic E-state index is 0.216. The van der Waals surface area contributed by atoms with Crippen molar-refractivity contribution in [2.75, 3.05) is 13.2 Å². The maximum Gasteiger partial charge on any atom is 0.244 e. The molecule has 0 radical (unpaired) electrons. The van der Waals surface area contributed by atoms with Crippen LogP contribution in [-0.2, 0) is 4.79 Å². The zero-order valence-corrected chi connectivity index (χ0v) is 11.4. The molecule has 0 aliphatic rings. The highest BCUT2D eigenvalue weighted by Crippen LogP contribution is 2.13. The molecule has 19 heavy (non-hydrogen) atoms. The summed E-state index contributed by atoms with van der Waals surface area (Å²) in [6.07, 6.45) is 3.61. The third-order valence-corrected chi connectivity index (χ3v) is 2.35. The molecule has 4 nitrogen and oxygen atoms in total. The van der Waals surface area contributed by atoms with Gasteiger partial charge in [-0.2, -0.15) is 0 Å². The summed E-state index contributed by atoms with van der Waals surface area (Å²) < 4.78 is 5.47. The minimum atomic E-state index is -0.535. The van der Waals surface area contributed by atoms with Crippen LogP contribution in [-0.4, -0.2) is 30.3 Å². The number of rotatable bonds is 7. The zero-order chi connectivity index (χ0) is 14.1. The standard InChI is InChI=1S/C15H21NO3/c1-3-10-19-14-7-4-13(5-8-14)6-9-15(18)16-11-12(2)17/h4-9,12,17H,3,10-11H2,1-2H3,(H,16,18)/b9-6+. The molecule has 0 saturated heterocycles. The van der Waals surface area contributed by atoms with E-state index in [1.807, 2.05) is 24.3 Å². The van der Waals surface area contributed by atoms with Gasteiger partial charge in [0.05, 0.1) is 12.7 Å². The van der Waals surface area contributed by atoms with Crippen molar-refractivity contribution in [3.05, 3.63) is 35.9 Å². The number of ether oxygens (including phenoxy) is 1. The smallest absolute Gasteiger partial charge is 0.244 e. The van der Waals surface area contributed by atoms with Crippen molar-refractivity contribution in [2.24, 2.45) is 0 Å². The second kappa shape index (κ2) is 8.32. The van der Waals surface area contributed by atoms with Crippen molar-refractivity contribution in [2.45, 2.75) is 26.4 Å². The lowest BCUT2D eigenvalue weighted by Crippen LogP contribution is -2.28. The first-order valence-electron chi connectivity index (χ1n) is 6.48. The van der Waals surface area contributed by atoms with Crippen LogP contribution in [0.5, 0.6) is 5.75 Å². The van der Waals surface area contributed by atoms with E-state index in [-0.39, 0.29) is 12.5 Å². The lowest BCUT2D eigenvalue weighted by Gasteiger charge is -2.05. The summed E-state index contributed by atoms with van der Waals surface area (Å²) in [6, 6.07) is 7.54. The van der Waals surface area contributed by atoms with Crippen LogP contribution in [0.3, 0.4) is 0 Å². The van der Waals surface area contributed by atoms with E-state index in [0.29, 0.717) is 6.61 Å². The fourth-order valence-electron chi connectivity index (χ4n) is 1.37. The van der Waals surface area contributed by atoms with Crippen LogP contribution in [0.4, 0.5) is 0 Å². The van der Waals surface area contributed by atoms with E-state index in [0.717, 1.165) is 17.7 Å². The SMILES string of the molecule is CCCOc1ccc(/C=C/C(=O)NCC(C)O)cc1. The van der Waals surface area contributed by atoms with Crippen LogP contribution in [0.2, 0.25) is 0 Å². The van der Waals surface area contributed by atoms with Gasteiger partial charge in [-0.1, -0.05) is 19.1 Å². The van der Waals surface area contributed by atoms with Crippen molar-refractivity contribution >= 4 is 12.0 Å². The number of nitrogens with one attached hydrogen (secondary N) is 1. The van der Waals surface area contributed by atoms with E-state index in [2.05, 4.69) is 12.2 Å². The van der Waals surface area contributed by atoms with Gasteiger partial charge in [-0.3, -0.25) is 4.79 Å². The number of carbonyl (C=O) groups is 1. The molecule has 0 saturated carbocycles. The average molecular weight is 263 g/mol. The van der Waals surface area contributed by atoms with Gasteiger partial charge in [0.15, 0.2) is 0 Å². The third kappa shape index (κ3) is 6.62. The molecule has 1 unspecified atom stereocenters. The molecule has 0 aromatic heterocycles. The number of carbonyl (C=O) groups excluding carboxylic acids is 1. The van der Waals surface area contributed by atoms with Gasteiger partial charge in [0.25, 0.3) is 0 Å². The van der Waals surface area contributed by atoms with Crippen LogP contribution in [0.15, 0.2) is 30.3 Å². The van der Waals surface area contributed by atoms with Gasteiger partial charge < -0.3 is 15.2 Å². The summed E-state index contributed by atoms with van der Waals surface area (Å²) in [5.74, 6) is 0.616. The molecule has 1 aromatic rings. The van der Waals surface area contributed by atoms with Crippen molar-refractivity contribution in [1.82, 2.24) is 5.32 Å². The van der Waals surface area contributed by atoms with Gasteiger partial charge in [-0.05, 0) is 37.1 Å². The molecule has 2 N–H and O–H groups in total. The Morgan fingerprint density at radius 3 is 2.68 bits per heavy atom. The summed E-state index contributed by atoms with van der Waals surface area (Å²) >= 11 is 0. The molecule has 0 bridgehead atoms. The van der Waals surface area contributed by atoms with E-state index in [4.69, 9.17) is 9.84 Å². The van der Waals surface area contributed by atoms with Gasteiger partial charge in [-0.15, -0.1) is 0 Å². The predicted octanol–water partition coefficient (Wildman–Crippen LogP) is 1.99. The Bertz CT molecular complexity index is 410. The Hall–Kier alpha value is -1.81. The van der Waals surface area contributed by atoms with E-state index in [1.165, 1.54) is 6.08 Å². The summed E-state index contributed by atoms with van der Waals surface area (Å²) in [4.78, 5) is 11.4. The van der Waals surface area contributed by atoms with E-state index in [9.17, 15) is 4.79 Å². The Morgan fingerprint density at radius 2 is 2.11 bits per heavy atom. The average Bonchev–Trinajstić information content (AvgIpc) is 2.41. The molecule has 0 fully saturated rings. The molecule has 4 heteroatoms. The number of aliphatic hydroxyl groups excluding tert-OH is 1. The molecule has 1 atom stereocenters. The van der Waals surface area contributed by atoms with Crippen molar-refractivity contribution < 1.29 is 14.6 Å². The van der Waals surface area contributed by atoms with Crippen molar-refractivity contribution in [3.8, 4) is 5.75 Å². The Morgan fingerprint density at radius 1 is 1.42 bits per heavy atom. The second-order valence-electron chi connectivity index (χ2n) is 4.35. The summed E-state index contributed by atoms with van der Waals surface area (Å²) in [7, 11) is 0. The fraction of sp³-hybridized carbons (Fsp3) is 0.400. The lowest BCUT2D eigenvalue weighted by molar-refractivity contribution is -0.116. The normalized spacial score (nSPS) is 12.4. The first kappa shape index (κ1) is 15.2. The van der Waals surface area contributed by atoms with E-state index in [1.54, 1.807) is 13.0 Å². The van der Waals surface area contributed by atoms with Crippen LogP contribution in [0, 0.1) is 0 Å². The number of hydrogen-bond donors (Lipinski definition) is 2. The molecule has 0 aliphatic carbocycles. The van der Waals surface area contributed by atoms with Gasteiger partial charge >= 0.3 is 0 Å². The molecule has 104 valence electrons. The molecule has 1 amide bonds. The summed E-state index contributed by atoms with van der Waals surface area (Å²) in [5.41, 5.74) is 0.927. The van der Waals surface area contributed by atoms with Gasteiger partial charge in [0.2, 0.25) is 5.91 Å². The van der Waals surface area contributed by atoms with Crippen molar-refractivity contribution in [1.29, 1.82) is 0 Å². The summed E-state index contributed by atoms with van der Waals surface area (Å²) in [6.45, 7) is 4.64. The summed E-state index contributed by atoms with van der Waals surface area (Å²) in [5, 5.41) is 11.6. The highest BCUT2D eigenvalue weighted by Gasteiger charge is 1.98. The Balaban J connectivity index is 2.45. The monoisotopic (exact) mass is 263 g/mol. The van der Waals surface area contributed by atoms with Crippen molar-refractivity contribution in [3.63, 3.8) is 0 Å². The topological polar surface area (TPSA) is 58.6 Å². The molecule has 0 spiro atoms. The van der Waals surface area contributed by atoms with Gasteiger partial charge in [0, 0.05) is 12.6 Å². The fourth-order valence-corrected chi connectivity index (χ4v) is 1.37. The lowest BCUT2D eigenvalue weighted by atomic mass is 10.2. The number of hydrogen-bond acceptors (Lipinski definition) is 3. The predicted molar refractivity (Wildman–Crippen MR) is 76.0 cm³/mol. The number of benzene rings is 1. The van der Waals surface area contributed by atoms with Crippen LogP contribution in [0.25, 0.3) is 6.08 Å². The van der Waals surface area contributed by atoms with Crippen LogP contribution >= 0.6 is 0 Å². The number of amides is 1. The molecule has 0 heterocycles. The Labute approximate surface area is 114 Å². The molecular formula is C15H21NO3. The Kier molecular flexibility index (Phi) is 6.68. The van der Waals surface area contributed by atoms with Crippen LogP contribution in [0.1, 0.15) is 25.8 Å².